The first-order valence-corrected chi connectivity index (χ1v) is 8.03. The van der Waals surface area contributed by atoms with Crippen LogP contribution in [0.1, 0.15) is 41.5 Å². The Bertz CT molecular complexity index is 749. The van der Waals surface area contributed by atoms with Gasteiger partial charge < -0.3 is 0 Å². The highest BCUT2D eigenvalue weighted by Gasteiger charge is 2.43. The minimum absolute atomic E-state index is 0.0158. The minimum atomic E-state index is 0.0158. The predicted molar refractivity (Wildman–Crippen MR) is 93.6 cm³/mol. The monoisotopic (exact) mass is 306 g/mol. The molecule has 0 aromatic heterocycles. The Hall–Kier alpha value is -2.42. The fourth-order valence-electron chi connectivity index (χ4n) is 2.81. The first-order chi connectivity index (χ1) is 11.1. The maximum absolute atomic E-state index is 12.2. The number of nitrogens with one attached hydrogen (secondary N) is 1. The number of rotatable bonds is 4. The van der Waals surface area contributed by atoms with Crippen LogP contribution in [0.2, 0.25) is 0 Å². The molecule has 0 saturated heterocycles. The summed E-state index contributed by atoms with van der Waals surface area (Å²) in [6, 6.07) is 16.4. The molecule has 0 bridgehead atoms. The van der Waals surface area contributed by atoms with E-state index < -0.39 is 0 Å². The van der Waals surface area contributed by atoms with E-state index in [1.807, 2.05) is 31.2 Å². The van der Waals surface area contributed by atoms with Crippen molar-refractivity contribution in [3.05, 3.63) is 70.8 Å². The lowest BCUT2D eigenvalue weighted by Gasteiger charge is -2.06. The Kier molecular flexibility index (Phi) is 4.28. The number of hydrogen-bond donors (Lipinski definition) is 1. The molecule has 118 valence electrons. The van der Waals surface area contributed by atoms with Crippen molar-refractivity contribution in [2.75, 3.05) is 0 Å². The molecule has 1 aliphatic carbocycles. The Morgan fingerprint density at radius 1 is 1.09 bits per heavy atom. The van der Waals surface area contributed by atoms with Crippen molar-refractivity contribution in [2.24, 2.45) is 11.0 Å². The van der Waals surface area contributed by atoms with E-state index in [1.54, 1.807) is 0 Å². The highest BCUT2D eigenvalue weighted by Crippen LogP contribution is 2.47. The highest BCUT2D eigenvalue weighted by molar-refractivity contribution is 5.99. The normalized spacial score (nSPS) is 20.2. The number of hydrazone groups is 1. The summed E-state index contributed by atoms with van der Waals surface area (Å²) in [5.74, 6) is 0.407. The van der Waals surface area contributed by atoms with Crippen LogP contribution in [0.4, 0.5) is 0 Å². The molecule has 2 aromatic rings. The minimum Gasteiger partial charge on any atom is -0.273 e. The largest absolute Gasteiger partial charge is 0.273 e. The molecule has 1 amide bonds. The lowest BCUT2D eigenvalue weighted by atomic mass is 10.0. The van der Waals surface area contributed by atoms with Crippen LogP contribution in [-0.2, 0) is 4.79 Å². The van der Waals surface area contributed by atoms with E-state index in [0.717, 1.165) is 17.7 Å². The van der Waals surface area contributed by atoms with Crippen LogP contribution >= 0.6 is 0 Å². The number of nitrogens with zero attached hydrogens (tertiary/aromatic N) is 1. The molecule has 0 aliphatic heterocycles. The Balaban J connectivity index is 1.61. The Labute approximate surface area is 137 Å². The van der Waals surface area contributed by atoms with Crippen LogP contribution in [0.5, 0.6) is 0 Å². The molecule has 1 N–H and O–H groups in total. The SMILES string of the molecule is C/C(=N/NC(=O)[C@H]1C[C@H]1c1ccccc1)c1ccc(C)c(C)c1. The van der Waals surface area contributed by atoms with E-state index >= 15 is 0 Å². The van der Waals surface area contributed by atoms with E-state index in [0.29, 0.717) is 5.92 Å². The molecule has 3 heteroatoms. The molecular weight excluding hydrogens is 284 g/mol. The molecule has 1 fully saturated rings. The number of amides is 1. The van der Waals surface area contributed by atoms with E-state index in [1.165, 1.54) is 16.7 Å². The zero-order valence-corrected chi connectivity index (χ0v) is 13.8. The van der Waals surface area contributed by atoms with Crippen molar-refractivity contribution in [2.45, 2.75) is 33.1 Å². The number of carbonyl (C=O) groups is 1. The fraction of sp³-hybridized carbons (Fsp3) is 0.300. The van der Waals surface area contributed by atoms with Crippen molar-refractivity contribution < 1.29 is 4.79 Å². The molecule has 2 aromatic carbocycles. The van der Waals surface area contributed by atoms with E-state index in [-0.39, 0.29) is 11.8 Å². The van der Waals surface area contributed by atoms with Gasteiger partial charge in [-0.25, -0.2) is 5.43 Å². The number of hydrogen-bond acceptors (Lipinski definition) is 2. The van der Waals surface area contributed by atoms with Crippen molar-refractivity contribution >= 4 is 11.6 Å². The zero-order chi connectivity index (χ0) is 16.4. The van der Waals surface area contributed by atoms with Gasteiger partial charge >= 0.3 is 0 Å². The molecule has 0 unspecified atom stereocenters. The molecule has 0 radical (unpaired) electrons. The molecule has 0 spiro atoms. The summed E-state index contributed by atoms with van der Waals surface area (Å²) in [5.41, 5.74) is 8.33. The molecule has 23 heavy (non-hydrogen) atoms. The number of carbonyl (C=O) groups excluding carboxylic acids is 1. The van der Waals surface area contributed by atoms with Gasteiger partial charge in [-0.3, -0.25) is 4.79 Å². The first-order valence-electron chi connectivity index (χ1n) is 8.03. The molecule has 0 heterocycles. The second-order valence-corrected chi connectivity index (χ2v) is 6.33. The van der Waals surface area contributed by atoms with Crippen LogP contribution < -0.4 is 5.43 Å². The van der Waals surface area contributed by atoms with Gasteiger partial charge in [0.25, 0.3) is 0 Å². The van der Waals surface area contributed by atoms with E-state index in [9.17, 15) is 4.79 Å². The maximum Gasteiger partial charge on any atom is 0.243 e. The van der Waals surface area contributed by atoms with Gasteiger partial charge in [0.15, 0.2) is 0 Å². The van der Waals surface area contributed by atoms with E-state index in [4.69, 9.17) is 0 Å². The quantitative estimate of drug-likeness (QED) is 0.674. The average molecular weight is 306 g/mol. The second kappa shape index (κ2) is 6.37. The van der Waals surface area contributed by atoms with Gasteiger partial charge in [-0.1, -0.05) is 42.5 Å². The number of benzene rings is 2. The lowest BCUT2D eigenvalue weighted by molar-refractivity contribution is -0.122. The lowest BCUT2D eigenvalue weighted by Crippen LogP contribution is -2.21. The summed E-state index contributed by atoms with van der Waals surface area (Å²) in [6.07, 6.45) is 0.911. The van der Waals surface area contributed by atoms with Crippen molar-refractivity contribution in [1.82, 2.24) is 5.43 Å². The van der Waals surface area contributed by atoms with Crippen molar-refractivity contribution in [3.63, 3.8) is 0 Å². The van der Waals surface area contributed by atoms with Gasteiger partial charge in [-0.15, -0.1) is 0 Å². The summed E-state index contributed by atoms with van der Waals surface area (Å²) in [4.78, 5) is 12.2. The van der Waals surface area contributed by atoms with Gasteiger partial charge in [-0.2, -0.15) is 5.10 Å². The topological polar surface area (TPSA) is 41.5 Å². The van der Waals surface area contributed by atoms with Crippen LogP contribution in [0.25, 0.3) is 0 Å². The van der Waals surface area contributed by atoms with Gasteiger partial charge in [0.2, 0.25) is 5.91 Å². The Morgan fingerprint density at radius 3 is 2.52 bits per heavy atom. The molecule has 1 saturated carbocycles. The predicted octanol–water partition coefficient (Wildman–Crippen LogP) is 3.95. The third-order valence-electron chi connectivity index (χ3n) is 4.61. The highest BCUT2D eigenvalue weighted by atomic mass is 16.2. The van der Waals surface area contributed by atoms with Crippen LogP contribution in [0.3, 0.4) is 0 Å². The third-order valence-corrected chi connectivity index (χ3v) is 4.61. The van der Waals surface area contributed by atoms with E-state index in [2.05, 4.69) is 48.6 Å². The average Bonchev–Trinajstić information content (AvgIpc) is 3.36. The van der Waals surface area contributed by atoms with Crippen LogP contribution in [-0.4, -0.2) is 11.6 Å². The van der Waals surface area contributed by atoms with Gasteiger partial charge in [0.1, 0.15) is 0 Å². The fourth-order valence-corrected chi connectivity index (χ4v) is 2.81. The molecule has 3 rings (SSSR count). The van der Waals surface area contributed by atoms with Crippen molar-refractivity contribution in [3.8, 4) is 0 Å². The second-order valence-electron chi connectivity index (χ2n) is 6.33. The summed E-state index contributed by atoms with van der Waals surface area (Å²) in [6.45, 7) is 6.09. The number of aryl methyl sites for hydroxylation is 2. The van der Waals surface area contributed by atoms with Crippen molar-refractivity contribution in [1.29, 1.82) is 0 Å². The standard InChI is InChI=1S/C20H22N2O/c1-13-9-10-17(11-14(13)2)15(3)21-22-20(23)19-12-18(19)16-7-5-4-6-8-16/h4-11,18-19H,12H2,1-3H3,(H,22,23)/b21-15-/t18-,19-/m0/s1. The van der Waals surface area contributed by atoms with Crippen LogP contribution in [0.15, 0.2) is 53.6 Å². The molecule has 1 aliphatic rings. The summed E-state index contributed by atoms with van der Waals surface area (Å²) < 4.78 is 0. The van der Waals surface area contributed by atoms with Crippen LogP contribution in [0, 0.1) is 19.8 Å². The molecule has 3 nitrogen and oxygen atoms in total. The third kappa shape index (κ3) is 3.50. The summed E-state index contributed by atoms with van der Waals surface area (Å²) in [7, 11) is 0. The van der Waals surface area contributed by atoms with Gasteiger partial charge in [0.05, 0.1) is 5.71 Å². The Morgan fingerprint density at radius 2 is 1.83 bits per heavy atom. The maximum atomic E-state index is 12.2. The van der Waals surface area contributed by atoms with Gasteiger partial charge in [0, 0.05) is 5.92 Å². The molecular formula is C20H22N2O. The smallest absolute Gasteiger partial charge is 0.243 e. The first kappa shape index (κ1) is 15.5. The molecule has 2 atom stereocenters. The van der Waals surface area contributed by atoms with Gasteiger partial charge in [-0.05, 0) is 61.4 Å². The summed E-state index contributed by atoms with van der Waals surface area (Å²) in [5, 5.41) is 4.27. The zero-order valence-electron chi connectivity index (χ0n) is 13.8. The summed E-state index contributed by atoms with van der Waals surface area (Å²) >= 11 is 0.